The standard InChI is InChI=1S/C12H26N2O4/c1-6-16-10(17-7-2)9(8-13)14-11(15)18-12(3,4)5/h9-10H,6-8,13H2,1-5H3,(H,14,15). The molecule has 108 valence electrons. The Balaban J connectivity index is 4.41. The maximum Gasteiger partial charge on any atom is 0.408 e. The number of nitrogens with two attached hydrogens (primary N) is 1. The van der Waals surface area contributed by atoms with Gasteiger partial charge in [0, 0.05) is 19.8 Å². The molecule has 0 saturated heterocycles. The fraction of sp³-hybridized carbons (Fsp3) is 0.917. The van der Waals surface area contributed by atoms with Crippen molar-refractivity contribution < 1.29 is 19.0 Å². The van der Waals surface area contributed by atoms with Gasteiger partial charge in [0.1, 0.15) is 5.60 Å². The molecular weight excluding hydrogens is 236 g/mol. The van der Waals surface area contributed by atoms with E-state index in [1.807, 2.05) is 13.8 Å². The van der Waals surface area contributed by atoms with Crippen molar-refractivity contribution in [3.8, 4) is 0 Å². The van der Waals surface area contributed by atoms with Crippen LogP contribution >= 0.6 is 0 Å². The molecule has 0 heterocycles. The predicted molar refractivity (Wildman–Crippen MR) is 69.3 cm³/mol. The monoisotopic (exact) mass is 262 g/mol. The van der Waals surface area contributed by atoms with Crippen molar-refractivity contribution in [2.75, 3.05) is 19.8 Å². The van der Waals surface area contributed by atoms with Gasteiger partial charge in [0.25, 0.3) is 0 Å². The molecule has 0 fully saturated rings. The van der Waals surface area contributed by atoms with Crippen LogP contribution in [0.4, 0.5) is 4.79 Å². The normalized spacial score (nSPS) is 13.5. The van der Waals surface area contributed by atoms with Crippen molar-refractivity contribution in [2.45, 2.75) is 52.6 Å². The number of alkyl carbamates (subject to hydrolysis) is 1. The number of carbonyl (C=O) groups excluding carboxylic acids is 1. The smallest absolute Gasteiger partial charge is 0.408 e. The first-order valence-corrected chi connectivity index (χ1v) is 6.26. The van der Waals surface area contributed by atoms with Crippen molar-refractivity contribution in [1.82, 2.24) is 5.32 Å². The van der Waals surface area contributed by atoms with E-state index in [1.165, 1.54) is 0 Å². The lowest BCUT2D eigenvalue weighted by Gasteiger charge is -2.28. The molecule has 0 aromatic rings. The highest BCUT2D eigenvalue weighted by Gasteiger charge is 2.25. The van der Waals surface area contributed by atoms with Gasteiger partial charge in [0.05, 0.1) is 6.04 Å². The highest BCUT2D eigenvalue weighted by Crippen LogP contribution is 2.08. The molecule has 0 saturated carbocycles. The summed E-state index contributed by atoms with van der Waals surface area (Å²) in [6, 6.07) is -0.431. The van der Waals surface area contributed by atoms with Crippen LogP contribution in [0.15, 0.2) is 0 Å². The molecule has 0 aliphatic rings. The Morgan fingerprint density at radius 2 is 1.72 bits per heavy atom. The van der Waals surface area contributed by atoms with Crippen LogP contribution in [0.1, 0.15) is 34.6 Å². The molecule has 0 bridgehead atoms. The molecule has 1 atom stereocenters. The van der Waals surface area contributed by atoms with Crippen LogP contribution < -0.4 is 11.1 Å². The Hall–Kier alpha value is -0.850. The summed E-state index contributed by atoms with van der Waals surface area (Å²) in [6.45, 7) is 10.3. The van der Waals surface area contributed by atoms with Gasteiger partial charge in [-0.15, -0.1) is 0 Å². The average Bonchev–Trinajstić information content (AvgIpc) is 2.23. The predicted octanol–water partition coefficient (Wildman–Crippen LogP) is 1.24. The Bertz CT molecular complexity index is 235. The van der Waals surface area contributed by atoms with E-state index in [1.54, 1.807) is 20.8 Å². The minimum atomic E-state index is -0.558. The van der Waals surface area contributed by atoms with Gasteiger partial charge < -0.3 is 25.3 Å². The van der Waals surface area contributed by atoms with Crippen LogP contribution in [0, 0.1) is 0 Å². The molecule has 0 spiro atoms. The van der Waals surface area contributed by atoms with E-state index in [-0.39, 0.29) is 6.54 Å². The van der Waals surface area contributed by atoms with Crippen LogP contribution in [0.5, 0.6) is 0 Å². The number of rotatable bonds is 7. The summed E-state index contributed by atoms with van der Waals surface area (Å²) >= 11 is 0. The molecule has 1 unspecified atom stereocenters. The van der Waals surface area contributed by atoms with Gasteiger partial charge in [-0.3, -0.25) is 0 Å². The fourth-order valence-corrected chi connectivity index (χ4v) is 1.31. The maximum absolute atomic E-state index is 11.6. The van der Waals surface area contributed by atoms with E-state index in [2.05, 4.69) is 5.32 Å². The van der Waals surface area contributed by atoms with E-state index in [9.17, 15) is 4.79 Å². The zero-order chi connectivity index (χ0) is 14.2. The van der Waals surface area contributed by atoms with Crippen LogP contribution in [0.2, 0.25) is 0 Å². The zero-order valence-electron chi connectivity index (χ0n) is 12.0. The first-order chi connectivity index (χ1) is 8.34. The molecule has 1 amide bonds. The first-order valence-electron chi connectivity index (χ1n) is 6.26. The van der Waals surface area contributed by atoms with E-state index in [4.69, 9.17) is 19.9 Å². The van der Waals surface area contributed by atoms with Crippen molar-refractivity contribution in [2.24, 2.45) is 5.73 Å². The number of nitrogens with one attached hydrogen (secondary N) is 1. The third-order valence-electron chi connectivity index (χ3n) is 1.95. The second-order valence-corrected chi connectivity index (χ2v) is 4.77. The van der Waals surface area contributed by atoms with Crippen molar-refractivity contribution in [3.05, 3.63) is 0 Å². The number of hydrogen-bond donors (Lipinski definition) is 2. The van der Waals surface area contributed by atoms with Crippen molar-refractivity contribution in [3.63, 3.8) is 0 Å². The van der Waals surface area contributed by atoms with Crippen LogP contribution in [0.3, 0.4) is 0 Å². The topological polar surface area (TPSA) is 82.8 Å². The summed E-state index contributed by atoms with van der Waals surface area (Å²) in [4.78, 5) is 11.6. The lowest BCUT2D eigenvalue weighted by Crippen LogP contribution is -2.51. The third kappa shape index (κ3) is 7.47. The minimum absolute atomic E-state index is 0.212. The first kappa shape index (κ1) is 17.2. The van der Waals surface area contributed by atoms with Crippen LogP contribution in [-0.4, -0.2) is 43.8 Å². The summed E-state index contributed by atoms with van der Waals surface area (Å²) in [5, 5.41) is 2.66. The second kappa shape index (κ2) is 8.29. The molecule has 0 aromatic carbocycles. The molecular formula is C12H26N2O4. The van der Waals surface area contributed by atoms with E-state index >= 15 is 0 Å². The number of ether oxygens (including phenoxy) is 3. The second-order valence-electron chi connectivity index (χ2n) is 4.77. The summed E-state index contributed by atoms with van der Waals surface area (Å²) < 4.78 is 15.9. The molecule has 3 N–H and O–H groups in total. The Morgan fingerprint density at radius 1 is 1.22 bits per heavy atom. The van der Waals surface area contributed by atoms with E-state index in [0.29, 0.717) is 13.2 Å². The third-order valence-corrected chi connectivity index (χ3v) is 1.95. The highest BCUT2D eigenvalue weighted by atomic mass is 16.7. The molecule has 0 rings (SSSR count). The lowest BCUT2D eigenvalue weighted by molar-refractivity contribution is -0.151. The lowest BCUT2D eigenvalue weighted by atomic mass is 10.2. The fourth-order valence-electron chi connectivity index (χ4n) is 1.31. The minimum Gasteiger partial charge on any atom is -0.444 e. The Morgan fingerprint density at radius 3 is 2.06 bits per heavy atom. The number of amides is 1. The molecule has 0 aromatic heterocycles. The molecule has 0 aliphatic heterocycles. The molecule has 0 aliphatic carbocycles. The van der Waals surface area contributed by atoms with Crippen LogP contribution in [0.25, 0.3) is 0 Å². The van der Waals surface area contributed by atoms with E-state index in [0.717, 1.165) is 0 Å². The van der Waals surface area contributed by atoms with Crippen LogP contribution in [-0.2, 0) is 14.2 Å². The SMILES string of the molecule is CCOC(OCC)C(CN)NC(=O)OC(C)(C)C. The van der Waals surface area contributed by atoms with Gasteiger partial charge in [-0.1, -0.05) is 0 Å². The van der Waals surface area contributed by atoms with Crippen molar-refractivity contribution in [1.29, 1.82) is 0 Å². The largest absolute Gasteiger partial charge is 0.444 e. The molecule has 0 radical (unpaired) electrons. The van der Waals surface area contributed by atoms with Gasteiger partial charge in [0.2, 0.25) is 0 Å². The number of hydrogen-bond acceptors (Lipinski definition) is 5. The van der Waals surface area contributed by atoms with Gasteiger partial charge in [0.15, 0.2) is 6.29 Å². The number of carbonyl (C=O) groups is 1. The molecule has 18 heavy (non-hydrogen) atoms. The summed E-state index contributed by atoms with van der Waals surface area (Å²) in [7, 11) is 0. The van der Waals surface area contributed by atoms with Gasteiger partial charge in [-0.2, -0.15) is 0 Å². The van der Waals surface area contributed by atoms with Gasteiger partial charge in [-0.05, 0) is 34.6 Å². The molecule has 6 heteroatoms. The molecule has 6 nitrogen and oxygen atoms in total. The maximum atomic E-state index is 11.6. The van der Waals surface area contributed by atoms with Crippen molar-refractivity contribution >= 4 is 6.09 Å². The highest BCUT2D eigenvalue weighted by molar-refractivity contribution is 5.68. The summed E-state index contributed by atoms with van der Waals surface area (Å²) in [5.74, 6) is 0. The summed E-state index contributed by atoms with van der Waals surface area (Å²) in [6.07, 6.45) is -1.08. The Kier molecular flexibility index (Phi) is 7.90. The Labute approximate surface area is 109 Å². The van der Waals surface area contributed by atoms with Gasteiger partial charge in [-0.25, -0.2) is 4.79 Å². The average molecular weight is 262 g/mol. The van der Waals surface area contributed by atoms with Gasteiger partial charge >= 0.3 is 6.09 Å². The van der Waals surface area contributed by atoms with E-state index < -0.39 is 24.0 Å². The zero-order valence-corrected chi connectivity index (χ0v) is 12.0. The quantitative estimate of drug-likeness (QED) is 0.674. The summed E-state index contributed by atoms with van der Waals surface area (Å²) in [5.41, 5.74) is 5.07.